The summed E-state index contributed by atoms with van der Waals surface area (Å²) in [5.74, 6) is 0.768. The first-order valence-electron chi connectivity index (χ1n) is 8.74. The van der Waals surface area contributed by atoms with Crippen LogP contribution in [-0.2, 0) is 4.74 Å². The lowest BCUT2D eigenvalue weighted by Gasteiger charge is -2.13. The summed E-state index contributed by atoms with van der Waals surface area (Å²) in [6, 6.07) is 12.2. The highest BCUT2D eigenvalue weighted by molar-refractivity contribution is 6.30. The van der Waals surface area contributed by atoms with Crippen molar-refractivity contribution in [2.45, 2.75) is 0 Å². The fourth-order valence-electron chi connectivity index (χ4n) is 2.67. The predicted molar refractivity (Wildman–Crippen MR) is 111 cm³/mol. The zero-order valence-corrected chi connectivity index (χ0v) is 16.8. The maximum Gasteiger partial charge on any atom is 0.261 e. The number of aromatic nitrogens is 2. The third-order valence-electron chi connectivity index (χ3n) is 4.10. The summed E-state index contributed by atoms with van der Waals surface area (Å²) in [4.78, 5) is 12.7. The molecule has 0 unspecified atom stereocenters. The lowest BCUT2D eigenvalue weighted by atomic mass is 10.2. The number of carbonyl (C=O) groups excluding carboxylic acids is 1. The molecule has 0 bridgehead atoms. The molecule has 0 saturated heterocycles. The van der Waals surface area contributed by atoms with Crippen molar-refractivity contribution < 1.29 is 19.0 Å². The largest absolute Gasteiger partial charge is 0.495 e. The molecule has 1 aromatic heterocycles. The Bertz CT molecular complexity index is 1010. The smallest absolute Gasteiger partial charge is 0.261 e. The Morgan fingerprint density at radius 3 is 2.72 bits per heavy atom. The fourth-order valence-corrected chi connectivity index (χ4v) is 2.83. The van der Waals surface area contributed by atoms with Crippen LogP contribution in [0.25, 0.3) is 5.69 Å². The monoisotopic (exact) mass is 416 g/mol. The number of nitrogens with zero attached hydrogens (tertiary/aromatic N) is 2. The first-order chi connectivity index (χ1) is 14.0. The summed E-state index contributed by atoms with van der Waals surface area (Å²) in [7, 11) is 3.09. The Kier molecular flexibility index (Phi) is 6.58. The van der Waals surface area contributed by atoms with E-state index in [1.165, 1.54) is 18.0 Å². The highest BCUT2D eigenvalue weighted by atomic mass is 35.5. The van der Waals surface area contributed by atoms with Gasteiger partial charge in [-0.3, -0.25) is 4.79 Å². The van der Waals surface area contributed by atoms with Crippen molar-refractivity contribution in [2.75, 3.05) is 38.5 Å². The van der Waals surface area contributed by atoms with Crippen LogP contribution >= 0.6 is 11.6 Å². The second-order valence-electron chi connectivity index (χ2n) is 5.96. The molecule has 29 heavy (non-hydrogen) atoms. The molecule has 2 aromatic carbocycles. The van der Waals surface area contributed by atoms with Crippen molar-refractivity contribution >= 4 is 29.0 Å². The van der Waals surface area contributed by atoms with Crippen LogP contribution in [0, 0.1) is 0 Å². The molecule has 0 atom stereocenters. The molecule has 152 valence electrons. The van der Waals surface area contributed by atoms with E-state index in [-0.39, 0.29) is 11.4 Å². The van der Waals surface area contributed by atoms with Crippen molar-refractivity contribution in [1.82, 2.24) is 9.78 Å². The lowest BCUT2D eigenvalue weighted by Crippen LogP contribution is -2.15. The minimum Gasteiger partial charge on any atom is -0.495 e. The summed E-state index contributed by atoms with van der Waals surface area (Å²) in [5.41, 5.74) is 7.52. The van der Waals surface area contributed by atoms with Gasteiger partial charge in [-0.05, 0) is 24.3 Å². The van der Waals surface area contributed by atoms with Gasteiger partial charge < -0.3 is 25.3 Å². The summed E-state index contributed by atoms with van der Waals surface area (Å²) < 4.78 is 17.4. The molecular weight excluding hydrogens is 396 g/mol. The number of nitrogens with one attached hydrogen (secondary N) is 1. The zero-order valence-electron chi connectivity index (χ0n) is 16.0. The van der Waals surface area contributed by atoms with Crippen LogP contribution in [0.3, 0.4) is 0 Å². The number of carbonyl (C=O) groups is 1. The van der Waals surface area contributed by atoms with Gasteiger partial charge in [-0.25, -0.2) is 4.68 Å². The van der Waals surface area contributed by atoms with Crippen LogP contribution in [0.5, 0.6) is 11.5 Å². The molecule has 0 radical (unpaired) electrons. The number of nitrogen functional groups attached to an aromatic ring is 1. The van der Waals surface area contributed by atoms with Crippen molar-refractivity contribution in [3.05, 3.63) is 59.2 Å². The van der Waals surface area contributed by atoms with Crippen LogP contribution in [0.2, 0.25) is 5.02 Å². The van der Waals surface area contributed by atoms with Crippen LogP contribution < -0.4 is 20.5 Å². The molecule has 0 fully saturated rings. The molecular formula is C20H21ClN4O4. The van der Waals surface area contributed by atoms with E-state index in [1.807, 2.05) is 12.1 Å². The maximum absolute atomic E-state index is 12.7. The highest BCUT2D eigenvalue weighted by Crippen LogP contribution is 2.30. The number of para-hydroxylation sites is 2. The fraction of sp³-hybridized carbons (Fsp3) is 0.200. The third kappa shape index (κ3) is 4.61. The van der Waals surface area contributed by atoms with Gasteiger partial charge in [-0.2, -0.15) is 5.10 Å². The van der Waals surface area contributed by atoms with E-state index in [0.29, 0.717) is 41.1 Å². The van der Waals surface area contributed by atoms with E-state index in [4.69, 9.17) is 31.5 Å². The van der Waals surface area contributed by atoms with Crippen molar-refractivity contribution in [2.24, 2.45) is 0 Å². The number of benzene rings is 2. The van der Waals surface area contributed by atoms with E-state index < -0.39 is 5.91 Å². The van der Waals surface area contributed by atoms with E-state index in [0.717, 1.165) is 0 Å². The van der Waals surface area contributed by atoms with Crippen LogP contribution in [0.1, 0.15) is 10.4 Å². The predicted octanol–water partition coefficient (Wildman–Crippen LogP) is 3.39. The van der Waals surface area contributed by atoms with Crippen molar-refractivity contribution in [1.29, 1.82) is 0 Å². The van der Waals surface area contributed by atoms with Crippen LogP contribution in [-0.4, -0.2) is 43.1 Å². The Labute approximate surface area is 173 Å². The highest BCUT2D eigenvalue weighted by Gasteiger charge is 2.19. The first kappa shape index (κ1) is 20.5. The minimum absolute atomic E-state index is 0.179. The zero-order chi connectivity index (χ0) is 20.8. The average Bonchev–Trinajstić information content (AvgIpc) is 3.11. The third-order valence-corrected chi connectivity index (χ3v) is 4.34. The number of halogens is 1. The molecule has 3 rings (SSSR count). The van der Waals surface area contributed by atoms with Gasteiger partial charge in [-0.15, -0.1) is 0 Å². The van der Waals surface area contributed by atoms with E-state index >= 15 is 0 Å². The second-order valence-corrected chi connectivity index (χ2v) is 6.40. The molecule has 0 saturated carbocycles. The van der Waals surface area contributed by atoms with Crippen LogP contribution in [0.4, 0.5) is 11.5 Å². The SMILES string of the molecule is COCCOc1ccccc1-n1ncc(C(=O)Nc2ccc(Cl)cc2OC)c1N. The van der Waals surface area contributed by atoms with Gasteiger partial charge in [-0.1, -0.05) is 23.7 Å². The second kappa shape index (κ2) is 9.31. The normalized spacial score (nSPS) is 10.6. The van der Waals surface area contributed by atoms with E-state index in [2.05, 4.69) is 10.4 Å². The molecule has 8 nitrogen and oxygen atoms in total. The average molecular weight is 417 g/mol. The summed E-state index contributed by atoms with van der Waals surface area (Å²) in [6.07, 6.45) is 1.40. The molecule has 3 N–H and O–H groups in total. The quantitative estimate of drug-likeness (QED) is 0.546. The van der Waals surface area contributed by atoms with Gasteiger partial charge in [0.1, 0.15) is 35.2 Å². The number of hydrogen-bond acceptors (Lipinski definition) is 6. The number of ether oxygens (including phenoxy) is 3. The standard InChI is InChI=1S/C20H21ClN4O4/c1-27-9-10-29-17-6-4-3-5-16(17)25-19(22)14(12-23-25)20(26)24-15-8-7-13(21)11-18(15)28-2/h3-8,11-12H,9-10,22H2,1-2H3,(H,24,26). The molecule has 0 spiro atoms. The first-order valence-corrected chi connectivity index (χ1v) is 9.12. The number of rotatable bonds is 8. The number of amides is 1. The Morgan fingerprint density at radius 2 is 1.97 bits per heavy atom. The maximum atomic E-state index is 12.7. The number of hydrogen-bond donors (Lipinski definition) is 2. The molecule has 1 heterocycles. The molecule has 0 aliphatic carbocycles. The molecule has 3 aromatic rings. The van der Waals surface area contributed by atoms with Gasteiger partial charge in [0.05, 0.1) is 25.6 Å². The summed E-state index contributed by atoms with van der Waals surface area (Å²) in [6.45, 7) is 0.817. The number of nitrogens with two attached hydrogens (primary N) is 1. The summed E-state index contributed by atoms with van der Waals surface area (Å²) in [5, 5.41) is 7.52. The van der Waals surface area contributed by atoms with Crippen LogP contribution in [0.15, 0.2) is 48.7 Å². The minimum atomic E-state index is -0.424. The Morgan fingerprint density at radius 1 is 1.17 bits per heavy atom. The number of methoxy groups -OCH3 is 2. The van der Waals surface area contributed by atoms with Gasteiger partial charge in [0.25, 0.3) is 5.91 Å². The molecule has 9 heteroatoms. The number of anilines is 2. The van der Waals surface area contributed by atoms with E-state index in [1.54, 1.807) is 37.4 Å². The van der Waals surface area contributed by atoms with Gasteiger partial charge in [0.15, 0.2) is 0 Å². The lowest BCUT2D eigenvalue weighted by molar-refractivity contribution is 0.102. The summed E-state index contributed by atoms with van der Waals surface area (Å²) >= 11 is 5.96. The molecule has 1 amide bonds. The Hall–Kier alpha value is -3.23. The molecule has 0 aliphatic heterocycles. The van der Waals surface area contributed by atoms with Gasteiger partial charge in [0.2, 0.25) is 0 Å². The molecule has 0 aliphatic rings. The van der Waals surface area contributed by atoms with Crippen molar-refractivity contribution in [3.63, 3.8) is 0 Å². The van der Waals surface area contributed by atoms with Gasteiger partial charge in [0, 0.05) is 18.2 Å². The van der Waals surface area contributed by atoms with Gasteiger partial charge >= 0.3 is 0 Å². The van der Waals surface area contributed by atoms with Crippen molar-refractivity contribution in [3.8, 4) is 17.2 Å². The Balaban J connectivity index is 1.86. The van der Waals surface area contributed by atoms with E-state index in [9.17, 15) is 4.79 Å². The topological polar surface area (TPSA) is 101 Å².